The summed E-state index contributed by atoms with van der Waals surface area (Å²) in [4.78, 5) is 41.7. The van der Waals surface area contributed by atoms with Crippen molar-refractivity contribution < 1.29 is 9.59 Å². The molecule has 0 saturated carbocycles. The van der Waals surface area contributed by atoms with Gasteiger partial charge in [-0.2, -0.15) is 5.10 Å². The van der Waals surface area contributed by atoms with Crippen LogP contribution in [0.4, 0.5) is 0 Å². The summed E-state index contributed by atoms with van der Waals surface area (Å²) >= 11 is 3.51. The Morgan fingerprint density at radius 2 is 1.82 bits per heavy atom. The molecule has 39 heavy (non-hydrogen) atoms. The lowest BCUT2D eigenvalue weighted by molar-refractivity contribution is 0.0651. The molecular weight excluding hydrogens is 558 g/mol. The minimum atomic E-state index is -0.186. The molecule has 0 saturated heterocycles. The second kappa shape index (κ2) is 10.4. The van der Waals surface area contributed by atoms with Crippen molar-refractivity contribution in [2.75, 3.05) is 7.05 Å². The Balaban J connectivity index is 1.66. The third kappa shape index (κ3) is 4.80. The molecule has 0 fully saturated rings. The lowest BCUT2D eigenvalue weighted by Crippen LogP contribution is -2.46. The van der Waals surface area contributed by atoms with Crippen molar-refractivity contribution in [3.05, 3.63) is 97.0 Å². The van der Waals surface area contributed by atoms with E-state index in [1.165, 1.54) is 0 Å². The first-order valence-corrected chi connectivity index (χ1v) is 13.9. The summed E-state index contributed by atoms with van der Waals surface area (Å²) in [5.41, 5.74) is 5.73. The van der Waals surface area contributed by atoms with Crippen LogP contribution in [0.5, 0.6) is 0 Å². The highest BCUT2D eigenvalue weighted by Gasteiger charge is 2.33. The molecule has 0 aliphatic carbocycles. The third-order valence-electron chi connectivity index (χ3n) is 7.35. The van der Waals surface area contributed by atoms with Crippen molar-refractivity contribution in [1.29, 1.82) is 0 Å². The normalized spacial score (nSPS) is 15.1. The van der Waals surface area contributed by atoms with Crippen LogP contribution in [0.3, 0.4) is 0 Å². The van der Waals surface area contributed by atoms with Gasteiger partial charge in [-0.3, -0.25) is 19.0 Å². The van der Waals surface area contributed by atoms with Crippen molar-refractivity contribution in [1.82, 2.24) is 24.4 Å². The predicted octanol–water partition coefficient (Wildman–Crippen LogP) is 4.70. The number of carbonyl (C=O) groups is 2. The summed E-state index contributed by atoms with van der Waals surface area (Å²) in [6.07, 6.45) is 2.99. The molecule has 1 atom stereocenters. The van der Waals surface area contributed by atoms with Crippen molar-refractivity contribution in [2.45, 2.75) is 53.1 Å². The Hall–Kier alpha value is -3.72. The molecule has 2 aromatic heterocycles. The van der Waals surface area contributed by atoms with E-state index >= 15 is 0 Å². The highest BCUT2D eigenvalue weighted by atomic mass is 79.9. The van der Waals surface area contributed by atoms with Crippen LogP contribution in [0, 0.1) is 12.8 Å². The molecule has 3 heterocycles. The molecule has 9 heteroatoms. The number of halogens is 1. The average molecular weight is 591 g/mol. The molecule has 2 amide bonds. The summed E-state index contributed by atoms with van der Waals surface area (Å²) in [5, 5.41) is 7.37. The maximum atomic E-state index is 14.1. The molecule has 0 spiro atoms. The Labute approximate surface area is 235 Å². The molecule has 1 aliphatic rings. The highest BCUT2D eigenvalue weighted by molar-refractivity contribution is 9.10. The van der Waals surface area contributed by atoms with Crippen molar-refractivity contribution >= 4 is 33.4 Å². The van der Waals surface area contributed by atoms with Gasteiger partial charge in [0.05, 0.1) is 24.1 Å². The Bertz CT molecular complexity index is 1650. The summed E-state index contributed by atoms with van der Waals surface area (Å²) < 4.78 is 4.50. The Morgan fingerprint density at radius 1 is 1.13 bits per heavy atom. The summed E-state index contributed by atoms with van der Waals surface area (Å²) in [6.45, 7) is 8.49. The molecule has 2 aromatic carbocycles. The van der Waals surface area contributed by atoms with E-state index in [-0.39, 0.29) is 30.0 Å². The zero-order chi connectivity index (χ0) is 28.0. The van der Waals surface area contributed by atoms with E-state index in [1.807, 2.05) is 47.7 Å². The standard InChI is InChI=1S/C30H32BrN5O3/c1-17(2)12-22-15-33-36-26-16-34(29(38)21-8-11-25(31)18(3)13-21)19(4)14-24(26)30(39)35(28(22)36)23-9-6-20(7-10-23)27(37)32-5/h6-11,13,15,17,19H,12,14,16H2,1-5H3,(H,32,37). The fourth-order valence-electron chi connectivity index (χ4n) is 5.33. The number of amides is 2. The van der Waals surface area contributed by atoms with Crippen LogP contribution in [-0.4, -0.2) is 44.0 Å². The molecule has 1 aliphatic heterocycles. The SMILES string of the molecule is CNC(=O)c1ccc(-n2c(=O)c3c(n4ncc(CC(C)C)c24)CN(C(=O)c2ccc(Br)c(C)c2)C(C)C3)cc1. The minimum Gasteiger partial charge on any atom is -0.355 e. The van der Waals surface area contributed by atoms with Gasteiger partial charge in [-0.25, -0.2) is 4.52 Å². The quantitative estimate of drug-likeness (QED) is 0.365. The number of nitrogens with zero attached hydrogens (tertiary/aromatic N) is 4. The molecule has 0 radical (unpaired) electrons. The van der Waals surface area contributed by atoms with Crippen LogP contribution in [0.1, 0.15) is 63.9 Å². The first kappa shape index (κ1) is 26.9. The number of hydrogen-bond acceptors (Lipinski definition) is 4. The van der Waals surface area contributed by atoms with Crippen molar-refractivity contribution in [3.63, 3.8) is 0 Å². The van der Waals surface area contributed by atoms with Crippen molar-refractivity contribution in [3.8, 4) is 5.69 Å². The Kier molecular flexibility index (Phi) is 7.20. The van der Waals surface area contributed by atoms with Gasteiger partial charge in [0.15, 0.2) is 0 Å². The van der Waals surface area contributed by atoms with Gasteiger partial charge in [-0.1, -0.05) is 29.8 Å². The largest absolute Gasteiger partial charge is 0.355 e. The van der Waals surface area contributed by atoms with Gasteiger partial charge in [0.1, 0.15) is 5.65 Å². The third-order valence-corrected chi connectivity index (χ3v) is 8.24. The number of nitrogens with one attached hydrogen (secondary N) is 1. The highest BCUT2D eigenvalue weighted by Crippen LogP contribution is 2.28. The maximum absolute atomic E-state index is 14.1. The van der Waals surface area contributed by atoms with Gasteiger partial charge >= 0.3 is 0 Å². The molecule has 1 N–H and O–H groups in total. The number of aromatic nitrogens is 3. The fraction of sp³-hybridized carbons (Fsp3) is 0.333. The first-order valence-electron chi connectivity index (χ1n) is 13.1. The summed E-state index contributed by atoms with van der Waals surface area (Å²) in [7, 11) is 1.59. The number of carbonyl (C=O) groups excluding carboxylic acids is 2. The van der Waals surface area contributed by atoms with Crippen LogP contribution in [0.2, 0.25) is 0 Å². The van der Waals surface area contributed by atoms with Gasteiger partial charge in [0.2, 0.25) is 0 Å². The predicted molar refractivity (Wildman–Crippen MR) is 155 cm³/mol. The van der Waals surface area contributed by atoms with E-state index in [0.717, 1.165) is 27.7 Å². The van der Waals surface area contributed by atoms with E-state index in [0.29, 0.717) is 40.4 Å². The van der Waals surface area contributed by atoms with Gasteiger partial charge < -0.3 is 10.2 Å². The van der Waals surface area contributed by atoms with E-state index < -0.39 is 0 Å². The number of aryl methyl sites for hydroxylation is 1. The molecule has 5 rings (SSSR count). The van der Waals surface area contributed by atoms with Crippen LogP contribution in [0.25, 0.3) is 11.3 Å². The monoisotopic (exact) mass is 589 g/mol. The lowest BCUT2D eigenvalue weighted by atomic mass is 9.97. The van der Waals surface area contributed by atoms with Gasteiger partial charge in [0, 0.05) is 39.8 Å². The van der Waals surface area contributed by atoms with Gasteiger partial charge in [0.25, 0.3) is 17.4 Å². The topological polar surface area (TPSA) is 88.7 Å². The molecule has 8 nitrogen and oxygen atoms in total. The van der Waals surface area contributed by atoms with E-state index in [4.69, 9.17) is 5.10 Å². The van der Waals surface area contributed by atoms with Crippen LogP contribution in [0.15, 0.2) is 57.9 Å². The second-order valence-electron chi connectivity index (χ2n) is 10.6. The Morgan fingerprint density at radius 3 is 2.46 bits per heavy atom. The van der Waals surface area contributed by atoms with Crippen LogP contribution in [-0.2, 0) is 19.4 Å². The number of benzene rings is 2. The van der Waals surface area contributed by atoms with E-state index in [1.54, 1.807) is 35.9 Å². The summed E-state index contributed by atoms with van der Waals surface area (Å²) in [5.74, 6) is 0.0984. The number of fused-ring (bicyclic) bond motifs is 3. The summed E-state index contributed by atoms with van der Waals surface area (Å²) in [6, 6.07) is 12.5. The zero-order valence-corrected chi connectivity index (χ0v) is 24.4. The molecule has 1 unspecified atom stereocenters. The smallest absolute Gasteiger partial charge is 0.261 e. The second-order valence-corrected chi connectivity index (χ2v) is 11.5. The van der Waals surface area contributed by atoms with Gasteiger partial charge in [-0.05, 0) is 80.6 Å². The molecule has 4 aromatic rings. The first-order chi connectivity index (χ1) is 18.6. The zero-order valence-electron chi connectivity index (χ0n) is 22.8. The van der Waals surface area contributed by atoms with Gasteiger partial charge in [-0.15, -0.1) is 0 Å². The minimum absolute atomic E-state index is 0.0690. The van der Waals surface area contributed by atoms with Crippen LogP contribution < -0.4 is 10.9 Å². The van der Waals surface area contributed by atoms with E-state index in [9.17, 15) is 14.4 Å². The number of rotatable bonds is 5. The molecule has 0 bridgehead atoms. The fourth-order valence-corrected chi connectivity index (χ4v) is 5.58. The lowest BCUT2D eigenvalue weighted by Gasteiger charge is -2.35. The number of hydrogen-bond donors (Lipinski definition) is 1. The average Bonchev–Trinajstić information content (AvgIpc) is 3.32. The van der Waals surface area contributed by atoms with Crippen LogP contribution >= 0.6 is 15.9 Å². The van der Waals surface area contributed by atoms with E-state index in [2.05, 4.69) is 35.1 Å². The maximum Gasteiger partial charge on any atom is 0.261 e. The molecule has 202 valence electrons. The van der Waals surface area contributed by atoms with Crippen molar-refractivity contribution in [2.24, 2.45) is 5.92 Å². The molecular formula is C30H32BrN5O3.